The van der Waals surface area contributed by atoms with Crippen molar-refractivity contribution in [3.05, 3.63) is 55.8 Å². The molecule has 1 aliphatic heterocycles. The normalized spacial score (nSPS) is 14.3. The van der Waals surface area contributed by atoms with Gasteiger partial charge in [0.05, 0.1) is 28.8 Å². The van der Waals surface area contributed by atoms with Gasteiger partial charge in [-0.1, -0.05) is 12.1 Å². The molecule has 2 aromatic rings. The first kappa shape index (κ1) is 26.8. The fourth-order valence-corrected chi connectivity index (χ4v) is 4.78. The van der Waals surface area contributed by atoms with Crippen LogP contribution in [0.2, 0.25) is 0 Å². The summed E-state index contributed by atoms with van der Waals surface area (Å²) in [7, 11) is 1.43. The van der Waals surface area contributed by atoms with E-state index in [2.05, 4.69) is 37.2 Å². The highest BCUT2D eigenvalue weighted by Gasteiger charge is 2.36. The van der Waals surface area contributed by atoms with Gasteiger partial charge in [0.1, 0.15) is 6.54 Å². The number of hydrogen-bond donors (Lipinski definition) is 1. The van der Waals surface area contributed by atoms with Crippen LogP contribution in [0.5, 0.6) is 11.5 Å². The van der Waals surface area contributed by atoms with E-state index in [-0.39, 0.29) is 23.9 Å². The minimum Gasteiger partial charge on any atom is -0.493 e. The van der Waals surface area contributed by atoms with Gasteiger partial charge in [-0.15, -0.1) is 0 Å². The molecule has 2 aromatic carbocycles. The number of carbonyl (C=O) groups excluding carboxylic acids is 4. The molecule has 1 fully saturated rings. The van der Waals surface area contributed by atoms with E-state index in [1.165, 1.54) is 13.2 Å². The monoisotopic (exact) mass is 626 g/mol. The average molecular weight is 628 g/mol. The summed E-state index contributed by atoms with van der Waals surface area (Å²) in [6.07, 6.45) is 1.51. The topological polar surface area (TPSA) is 111 Å². The number of amides is 3. The highest BCUT2D eigenvalue weighted by atomic mass is 79.9. The second-order valence-electron chi connectivity index (χ2n) is 6.92. The van der Waals surface area contributed by atoms with Crippen LogP contribution in [-0.2, 0) is 19.1 Å². The number of rotatable bonds is 9. The Bertz CT molecular complexity index is 1200. The lowest BCUT2D eigenvalue weighted by atomic mass is 10.2. The molecule has 1 saturated heterocycles. The zero-order valence-electron chi connectivity index (χ0n) is 18.6. The lowest BCUT2D eigenvalue weighted by molar-refractivity contribution is -0.145. The van der Waals surface area contributed by atoms with E-state index in [4.69, 9.17) is 14.2 Å². The number of methoxy groups -OCH3 is 1. The number of hydrogen-bond acceptors (Lipinski definition) is 8. The number of anilines is 1. The van der Waals surface area contributed by atoms with E-state index in [0.29, 0.717) is 25.9 Å². The van der Waals surface area contributed by atoms with Gasteiger partial charge in [0.2, 0.25) is 5.91 Å². The second-order valence-corrected chi connectivity index (χ2v) is 9.63. The number of esters is 1. The molecule has 3 amide bonds. The van der Waals surface area contributed by atoms with Crippen molar-refractivity contribution in [1.82, 2.24) is 4.90 Å². The highest BCUT2D eigenvalue weighted by Crippen LogP contribution is 2.39. The zero-order valence-corrected chi connectivity index (χ0v) is 22.6. The molecule has 1 aliphatic rings. The van der Waals surface area contributed by atoms with Crippen molar-refractivity contribution in [2.45, 2.75) is 6.92 Å². The molecule has 9 nitrogen and oxygen atoms in total. The summed E-state index contributed by atoms with van der Waals surface area (Å²) in [5.74, 6) is -1.02. The molecule has 0 aliphatic carbocycles. The van der Waals surface area contributed by atoms with Gasteiger partial charge in [0, 0.05) is 4.47 Å². The van der Waals surface area contributed by atoms with Gasteiger partial charge in [0.25, 0.3) is 11.1 Å². The summed E-state index contributed by atoms with van der Waals surface area (Å²) in [5, 5.41) is 2.12. The van der Waals surface area contributed by atoms with Crippen LogP contribution in [0, 0.1) is 0 Å². The molecule has 0 saturated carbocycles. The first-order chi connectivity index (χ1) is 16.7. The predicted molar refractivity (Wildman–Crippen MR) is 138 cm³/mol. The molecule has 35 heavy (non-hydrogen) atoms. The molecule has 0 unspecified atom stereocenters. The van der Waals surface area contributed by atoms with Crippen molar-refractivity contribution in [3.63, 3.8) is 0 Å². The molecule has 0 bridgehead atoms. The van der Waals surface area contributed by atoms with E-state index >= 15 is 0 Å². The van der Waals surface area contributed by atoms with Gasteiger partial charge in [-0.25, -0.2) is 4.79 Å². The molecule has 0 radical (unpaired) electrons. The van der Waals surface area contributed by atoms with Crippen molar-refractivity contribution in [3.8, 4) is 11.5 Å². The molecule has 0 spiro atoms. The van der Waals surface area contributed by atoms with Crippen molar-refractivity contribution in [2.75, 3.05) is 32.2 Å². The molecule has 3 rings (SSSR count). The summed E-state index contributed by atoms with van der Waals surface area (Å²) in [6.45, 7) is 1.21. The fourth-order valence-electron chi connectivity index (χ4n) is 2.98. The molecule has 12 heteroatoms. The summed E-state index contributed by atoms with van der Waals surface area (Å²) in [5.41, 5.74) is 1.07. The summed E-state index contributed by atoms with van der Waals surface area (Å²) in [4.78, 5) is 50.3. The number of imide groups is 1. The van der Waals surface area contributed by atoms with Crippen LogP contribution in [0.1, 0.15) is 12.5 Å². The number of benzene rings is 2. The van der Waals surface area contributed by atoms with Crippen molar-refractivity contribution in [2.24, 2.45) is 0 Å². The van der Waals surface area contributed by atoms with Gasteiger partial charge < -0.3 is 19.5 Å². The summed E-state index contributed by atoms with van der Waals surface area (Å²) >= 11 is 7.44. The number of halogens is 2. The first-order valence-corrected chi connectivity index (χ1v) is 12.6. The number of thioether (sulfide) groups is 1. The number of para-hydroxylation sites is 1. The predicted octanol–water partition coefficient (Wildman–Crippen LogP) is 4.84. The van der Waals surface area contributed by atoms with Crippen LogP contribution in [0.4, 0.5) is 10.5 Å². The number of carbonyl (C=O) groups is 4. The van der Waals surface area contributed by atoms with Crippen molar-refractivity contribution >= 4 is 78.4 Å². The van der Waals surface area contributed by atoms with Gasteiger partial charge in [-0.2, -0.15) is 0 Å². The lowest BCUT2D eigenvalue weighted by Gasteiger charge is -2.14. The highest BCUT2D eigenvalue weighted by molar-refractivity contribution is 9.11. The van der Waals surface area contributed by atoms with Gasteiger partial charge >= 0.3 is 5.97 Å². The standard InChI is InChI=1S/C23H20Br2N2O7S/c1-3-33-20(29)12-34-21-15(25)8-13(9-17(21)32-2)10-18-22(30)27(23(31)35-18)11-19(28)26-16-7-5-4-6-14(16)24/h4-10H,3,11-12H2,1-2H3,(H,26,28)/b18-10-. The SMILES string of the molecule is CCOC(=O)COc1c(Br)cc(/C=C2\SC(=O)N(CC(=O)Nc3ccccc3Br)C2=O)cc1OC. The Kier molecular flexibility index (Phi) is 9.35. The minimum absolute atomic E-state index is 0.151. The van der Waals surface area contributed by atoms with Crippen LogP contribution < -0.4 is 14.8 Å². The van der Waals surface area contributed by atoms with Gasteiger partial charge in [-0.05, 0) is 86.5 Å². The molecule has 184 valence electrons. The fraction of sp³-hybridized carbons (Fsp3) is 0.217. The van der Waals surface area contributed by atoms with Crippen LogP contribution in [0.25, 0.3) is 6.08 Å². The van der Waals surface area contributed by atoms with E-state index in [1.807, 2.05) is 0 Å². The Morgan fingerprint density at radius 2 is 1.89 bits per heavy atom. The van der Waals surface area contributed by atoms with E-state index in [1.54, 1.807) is 43.3 Å². The van der Waals surface area contributed by atoms with Crippen LogP contribution in [0.3, 0.4) is 0 Å². The lowest BCUT2D eigenvalue weighted by Crippen LogP contribution is -2.36. The average Bonchev–Trinajstić information content (AvgIpc) is 3.07. The minimum atomic E-state index is -0.583. The Labute approximate surface area is 222 Å². The Morgan fingerprint density at radius 1 is 1.14 bits per heavy atom. The number of nitrogens with one attached hydrogen (secondary N) is 1. The first-order valence-electron chi connectivity index (χ1n) is 10.2. The quantitative estimate of drug-likeness (QED) is 0.311. The van der Waals surface area contributed by atoms with E-state index in [0.717, 1.165) is 16.7 Å². The Morgan fingerprint density at radius 3 is 2.57 bits per heavy atom. The number of ether oxygens (including phenoxy) is 3. The van der Waals surface area contributed by atoms with E-state index in [9.17, 15) is 19.2 Å². The van der Waals surface area contributed by atoms with Crippen molar-refractivity contribution in [1.29, 1.82) is 0 Å². The largest absolute Gasteiger partial charge is 0.493 e. The maximum atomic E-state index is 12.8. The van der Waals surface area contributed by atoms with Crippen LogP contribution in [0.15, 0.2) is 50.2 Å². The Balaban J connectivity index is 1.73. The third kappa shape index (κ3) is 6.86. The van der Waals surface area contributed by atoms with Crippen LogP contribution >= 0.6 is 43.6 Å². The van der Waals surface area contributed by atoms with Crippen LogP contribution in [-0.4, -0.2) is 54.8 Å². The van der Waals surface area contributed by atoms with Crippen molar-refractivity contribution < 1.29 is 33.4 Å². The molecular formula is C23H20Br2N2O7S. The number of nitrogens with zero attached hydrogens (tertiary/aromatic N) is 1. The molecule has 0 aromatic heterocycles. The maximum absolute atomic E-state index is 12.8. The molecular weight excluding hydrogens is 608 g/mol. The summed E-state index contributed by atoms with van der Waals surface area (Å²) in [6, 6.07) is 10.3. The third-order valence-corrected chi connectivity index (χ3v) is 6.70. The van der Waals surface area contributed by atoms with E-state index < -0.39 is 29.6 Å². The summed E-state index contributed by atoms with van der Waals surface area (Å²) < 4.78 is 16.9. The molecule has 1 heterocycles. The smallest absolute Gasteiger partial charge is 0.344 e. The van der Waals surface area contributed by atoms with Gasteiger partial charge in [-0.3, -0.25) is 19.3 Å². The van der Waals surface area contributed by atoms with Gasteiger partial charge in [0.15, 0.2) is 18.1 Å². The molecule has 1 N–H and O–H groups in total. The Hall–Kier alpha value is -2.83. The second kappa shape index (κ2) is 12.2. The third-order valence-electron chi connectivity index (χ3n) is 4.51. The zero-order chi connectivity index (χ0) is 25.5. The maximum Gasteiger partial charge on any atom is 0.344 e. The molecule has 0 atom stereocenters.